The molecule has 2 aromatic rings. The highest BCUT2D eigenvalue weighted by Gasteiger charge is 2.18. The van der Waals surface area contributed by atoms with Crippen molar-refractivity contribution in [1.82, 2.24) is 14.5 Å². The summed E-state index contributed by atoms with van der Waals surface area (Å²) in [6.45, 7) is 2.05. The predicted octanol–water partition coefficient (Wildman–Crippen LogP) is 1.46. The molecule has 84 valence electrons. The molecule has 0 aliphatic carbocycles. The maximum atomic E-state index is 10.2. The zero-order chi connectivity index (χ0) is 11.5. The average molecular weight is 217 g/mol. The van der Waals surface area contributed by atoms with Crippen molar-refractivity contribution in [2.24, 2.45) is 7.05 Å². The Kier molecular flexibility index (Phi) is 3.01. The molecule has 0 saturated heterocycles. The van der Waals surface area contributed by atoms with E-state index in [1.807, 2.05) is 32.3 Å². The van der Waals surface area contributed by atoms with Crippen LogP contribution in [0.5, 0.6) is 0 Å². The molecule has 0 amide bonds. The van der Waals surface area contributed by atoms with Gasteiger partial charge in [0, 0.05) is 25.6 Å². The molecule has 0 aliphatic rings. The molecule has 1 N–H and O–H groups in total. The number of aryl methyl sites for hydroxylation is 2. The number of rotatable bonds is 3. The van der Waals surface area contributed by atoms with E-state index in [4.69, 9.17) is 0 Å². The van der Waals surface area contributed by atoms with Crippen LogP contribution in [0.25, 0.3) is 0 Å². The van der Waals surface area contributed by atoms with Crippen molar-refractivity contribution in [1.29, 1.82) is 0 Å². The molecular formula is C12H15N3O. The first-order valence-electron chi connectivity index (χ1n) is 5.33. The summed E-state index contributed by atoms with van der Waals surface area (Å²) in [6, 6.07) is 3.86. The molecule has 4 nitrogen and oxygen atoms in total. The zero-order valence-corrected chi connectivity index (χ0v) is 9.46. The number of hydrogen-bond acceptors (Lipinski definition) is 3. The third-order valence-corrected chi connectivity index (χ3v) is 2.67. The molecule has 0 fully saturated rings. The Bertz CT molecular complexity index is 479. The van der Waals surface area contributed by atoms with Crippen LogP contribution < -0.4 is 0 Å². The number of nitrogens with zero attached hydrogens (tertiary/aromatic N) is 3. The number of hydrogen-bond donors (Lipinski definition) is 1. The summed E-state index contributed by atoms with van der Waals surface area (Å²) < 4.78 is 1.80. The third-order valence-electron chi connectivity index (χ3n) is 2.67. The van der Waals surface area contributed by atoms with Crippen LogP contribution in [0.1, 0.15) is 30.1 Å². The molecule has 1 atom stereocenters. The number of aliphatic hydroxyl groups is 1. The summed E-state index contributed by atoms with van der Waals surface area (Å²) in [5.74, 6) is 0.619. The maximum Gasteiger partial charge on any atom is 0.154 e. The molecule has 1 unspecified atom stereocenters. The largest absolute Gasteiger partial charge is 0.379 e. The Hall–Kier alpha value is -1.68. The standard InChI is InChI=1S/C12H15N3O/c1-3-9-5-4-6-13-10(9)11(16)12-14-7-8-15(12)2/h4-8,11,16H,3H2,1-2H3. The van der Waals surface area contributed by atoms with Gasteiger partial charge in [0.25, 0.3) is 0 Å². The van der Waals surface area contributed by atoms with Gasteiger partial charge in [-0.3, -0.25) is 4.98 Å². The van der Waals surface area contributed by atoms with E-state index in [-0.39, 0.29) is 0 Å². The van der Waals surface area contributed by atoms with Crippen molar-refractivity contribution in [3.63, 3.8) is 0 Å². The second-order valence-electron chi connectivity index (χ2n) is 3.70. The van der Waals surface area contributed by atoms with E-state index in [0.717, 1.165) is 12.0 Å². The van der Waals surface area contributed by atoms with Crippen LogP contribution >= 0.6 is 0 Å². The summed E-state index contributed by atoms with van der Waals surface area (Å²) in [4.78, 5) is 8.38. The van der Waals surface area contributed by atoms with Crippen molar-refractivity contribution in [3.8, 4) is 0 Å². The highest BCUT2D eigenvalue weighted by atomic mass is 16.3. The number of aromatic nitrogens is 3. The molecular weight excluding hydrogens is 202 g/mol. The van der Waals surface area contributed by atoms with Crippen LogP contribution in [0.4, 0.5) is 0 Å². The van der Waals surface area contributed by atoms with Gasteiger partial charge in [0.05, 0.1) is 5.69 Å². The summed E-state index contributed by atoms with van der Waals surface area (Å²) in [6.07, 6.45) is 5.28. The molecule has 16 heavy (non-hydrogen) atoms. The first-order chi connectivity index (χ1) is 7.74. The van der Waals surface area contributed by atoms with Crippen LogP contribution in [-0.2, 0) is 13.5 Å². The molecule has 0 bridgehead atoms. The van der Waals surface area contributed by atoms with E-state index in [1.165, 1.54) is 0 Å². The second kappa shape index (κ2) is 4.45. The predicted molar refractivity (Wildman–Crippen MR) is 60.9 cm³/mol. The van der Waals surface area contributed by atoms with Crippen molar-refractivity contribution < 1.29 is 5.11 Å². The normalized spacial score (nSPS) is 12.7. The number of pyridine rings is 1. The SMILES string of the molecule is CCc1cccnc1C(O)c1nccn1C. The minimum atomic E-state index is -0.754. The molecule has 0 radical (unpaired) electrons. The quantitative estimate of drug-likeness (QED) is 0.846. The molecule has 0 aromatic carbocycles. The van der Waals surface area contributed by atoms with E-state index >= 15 is 0 Å². The van der Waals surface area contributed by atoms with Crippen LogP contribution in [-0.4, -0.2) is 19.6 Å². The van der Waals surface area contributed by atoms with Crippen molar-refractivity contribution in [3.05, 3.63) is 47.8 Å². The van der Waals surface area contributed by atoms with E-state index in [1.54, 1.807) is 17.0 Å². The molecule has 2 heterocycles. The Balaban J connectivity index is 2.41. The Morgan fingerprint density at radius 2 is 2.19 bits per heavy atom. The smallest absolute Gasteiger partial charge is 0.154 e. The third kappa shape index (κ3) is 1.84. The Morgan fingerprint density at radius 3 is 2.81 bits per heavy atom. The lowest BCUT2D eigenvalue weighted by Gasteiger charge is -2.13. The van der Waals surface area contributed by atoms with Gasteiger partial charge in [0.15, 0.2) is 6.10 Å². The first-order valence-corrected chi connectivity index (χ1v) is 5.33. The Morgan fingerprint density at radius 1 is 1.38 bits per heavy atom. The first kappa shape index (κ1) is 10.8. The van der Waals surface area contributed by atoms with E-state index in [0.29, 0.717) is 11.5 Å². The molecule has 4 heteroatoms. The van der Waals surface area contributed by atoms with Gasteiger partial charge >= 0.3 is 0 Å². The summed E-state index contributed by atoms with van der Waals surface area (Å²) >= 11 is 0. The lowest BCUT2D eigenvalue weighted by atomic mass is 10.1. The van der Waals surface area contributed by atoms with E-state index in [9.17, 15) is 5.11 Å². The topological polar surface area (TPSA) is 50.9 Å². The number of aliphatic hydroxyl groups excluding tert-OH is 1. The van der Waals surface area contributed by atoms with Gasteiger partial charge in [0.2, 0.25) is 0 Å². The molecule has 2 aromatic heterocycles. The van der Waals surface area contributed by atoms with Crippen molar-refractivity contribution in [2.75, 3.05) is 0 Å². The van der Waals surface area contributed by atoms with Gasteiger partial charge in [-0.15, -0.1) is 0 Å². The minimum Gasteiger partial charge on any atom is -0.379 e. The zero-order valence-electron chi connectivity index (χ0n) is 9.46. The molecule has 0 saturated carbocycles. The van der Waals surface area contributed by atoms with Crippen LogP contribution in [0.2, 0.25) is 0 Å². The lowest BCUT2D eigenvalue weighted by Crippen LogP contribution is -2.10. The van der Waals surface area contributed by atoms with Gasteiger partial charge in [-0.25, -0.2) is 4.98 Å². The monoisotopic (exact) mass is 217 g/mol. The molecule has 0 aliphatic heterocycles. The maximum absolute atomic E-state index is 10.2. The highest BCUT2D eigenvalue weighted by molar-refractivity contribution is 5.25. The fourth-order valence-corrected chi connectivity index (χ4v) is 1.76. The molecule has 2 rings (SSSR count). The van der Waals surface area contributed by atoms with Gasteiger partial charge < -0.3 is 9.67 Å². The van der Waals surface area contributed by atoms with Gasteiger partial charge in [-0.2, -0.15) is 0 Å². The number of imidazole rings is 1. The van der Waals surface area contributed by atoms with Crippen molar-refractivity contribution in [2.45, 2.75) is 19.4 Å². The van der Waals surface area contributed by atoms with Gasteiger partial charge in [-0.05, 0) is 18.1 Å². The molecule has 0 spiro atoms. The fraction of sp³-hybridized carbons (Fsp3) is 0.333. The minimum absolute atomic E-state index is 0.619. The van der Waals surface area contributed by atoms with Gasteiger partial charge in [-0.1, -0.05) is 13.0 Å². The van der Waals surface area contributed by atoms with E-state index in [2.05, 4.69) is 9.97 Å². The lowest BCUT2D eigenvalue weighted by molar-refractivity contribution is 0.200. The summed E-state index contributed by atoms with van der Waals surface area (Å²) in [7, 11) is 1.86. The second-order valence-corrected chi connectivity index (χ2v) is 3.70. The van der Waals surface area contributed by atoms with Crippen molar-refractivity contribution >= 4 is 0 Å². The summed E-state index contributed by atoms with van der Waals surface area (Å²) in [5, 5.41) is 10.2. The Labute approximate surface area is 94.6 Å². The van der Waals surface area contributed by atoms with Gasteiger partial charge in [0.1, 0.15) is 5.82 Å². The summed E-state index contributed by atoms with van der Waals surface area (Å²) in [5.41, 5.74) is 1.75. The van der Waals surface area contributed by atoms with Crippen LogP contribution in [0.3, 0.4) is 0 Å². The van der Waals surface area contributed by atoms with Crippen LogP contribution in [0, 0.1) is 0 Å². The fourth-order valence-electron chi connectivity index (χ4n) is 1.76. The van der Waals surface area contributed by atoms with Crippen LogP contribution in [0.15, 0.2) is 30.7 Å². The van der Waals surface area contributed by atoms with E-state index < -0.39 is 6.10 Å². The average Bonchev–Trinajstić information content (AvgIpc) is 2.74. The highest BCUT2D eigenvalue weighted by Crippen LogP contribution is 2.21.